The highest BCUT2D eigenvalue weighted by Gasteiger charge is 2.17. The van der Waals surface area contributed by atoms with Crippen LogP contribution >= 0.6 is 0 Å². The highest BCUT2D eigenvalue weighted by molar-refractivity contribution is 7.92. The minimum atomic E-state index is -3.67. The molecule has 1 aromatic heterocycles. The molecule has 0 aliphatic carbocycles. The Balaban J connectivity index is 1.78. The van der Waals surface area contributed by atoms with Gasteiger partial charge in [-0.1, -0.05) is 30.3 Å². The first-order chi connectivity index (χ1) is 11.9. The second-order valence-corrected chi connectivity index (χ2v) is 7.45. The predicted molar refractivity (Wildman–Crippen MR) is 101 cm³/mol. The highest BCUT2D eigenvalue weighted by Crippen LogP contribution is 2.21. The zero-order valence-corrected chi connectivity index (χ0v) is 14.8. The normalized spacial score (nSPS) is 11.1. The second kappa shape index (κ2) is 6.94. The summed E-state index contributed by atoms with van der Waals surface area (Å²) in [6.07, 6.45) is 1.59. The van der Waals surface area contributed by atoms with E-state index in [1.54, 1.807) is 37.4 Å². The summed E-state index contributed by atoms with van der Waals surface area (Å²) in [4.78, 5) is 4.45. The SMILES string of the molecule is Cc1ccc(C)c(S(=O)(=O)Nc2ccc(Nc3ccccc3)cn2)c1. The van der Waals surface area contributed by atoms with Crippen LogP contribution in [0.3, 0.4) is 0 Å². The van der Waals surface area contributed by atoms with Gasteiger partial charge in [0.25, 0.3) is 10.0 Å². The van der Waals surface area contributed by atoms with Crippen molar-refractivity contribution in [2.45, 2.75) is 18.7 Å². The fourth-order valence-corrected chi connectivity index (χ4v) is 3.74. The molecule has 0 unspecified atom stereocenters. The third-order valence-electron chi connectivity index (χ3n) is 3.70. The van der Waals surface area contributed by atoms with Gasteiger partial charge in [-0.15, -0.1) is 0 Å². The van der Waals surface area contributed by atoms with Crippen LogP contribution < -0.4 is 10.0 Å². The molecule has 2 aromatic carbocycles. The van der Waals surface area contributed by atoms with E-state index in [2.05, 4.69) is 15.0 Å². The van der Waals surface area contributed by atoms with Gasteiger partial charge < -0.3 is 5.32 Å². The summed E-state index contributed by atoms with van der Waals surface area (Å²) in [5.74, 6) is 0.277. The lowest BCUT2D eigenvalue weighted by molar-refractivity contribution is 0.600. The molecular formula is C19H19N3O2S. The number of sulfonamides is 1. The van der Waals surface area contributed by atoms with E-state index in [1.165, 1.54) is 0 Å². The Morgan fingerprint density at radius 2 is 1.64 bits per heavy atom. The Labute approximate surface area is 147 Å². The lowest BCUT2D eigenvalue weighted by atomic mass is 10.2. The molecule has 2 N–H and O–H groups in total. The van der Waals surface area contributed by atoms with E-state index >= 15 is 0 Å². The third-order valence-corrected chi connectivity index (χ3v) is 5.19. The lowest BCUT2D eigenvalue weighted by Gasteiger charge is -2.11. The number of aryl methyl sites for hydroxylation is 2. The van der Waals surface area contributed by atoms with Crippen LogP contribution in [-0.4, -0.2) is 13.4 Å². The van der Waals surface area contributed by atoms with E-state index in [-0.39, 0.29) is 10.7 Å². The summed E-state index contributed by atoms with van der Waals surface area (Å²) < 4.78 is 27.7. The first-order valence-electron chi connectivity index (χ1n) is 7.82. The van der Waals surface area contributed by atoms with E-state index in [1.807, 2.05) is 43.3 Å². The molecule has 0 radical (unpaired) electrons. The van der Waals surface area contributed by atoms with E-state index in [9.17, 15) is 8.42 Å². The Morgan fingerprint density at radius 1 is 0.880 bits per heavy atom. The Bertz CT molecular complexity index is 969. The molecule has 6 heteroatoms. The summed E-state index contributed by atoms with van der Waals surface area (Å²) >= 11 is 0. The summed E-state index contributed by atoms with van der Waals surface area (Å²) in [6.45, 7) is 3.63. The lowest BCUT2D eigenvalue weighted by Crippen LogP contribution is -2.15. The number of para-hydroxylation sites is 1. The molecule has 0 saturated carbocycles. The number of pyridine rings is 1. The molecule has 0 spiro atoms. The molecule has 0 aliphatic heterocycles. The second-order valence-electron chi connectivity index (χ2n) is 5.80. The van der Waals surface area contributed by atoms with Gasteiger partial charge in [-0.05, 0) is 55.3 Å². The fraction of sp³-hybridized carbons (Fsp3) is 0.105. The molecule has 25 heavy (non-hydrogen) atoms. The van der Waals surface area contributed by atoms with Crippen molar-refractivity contribution in [3.63, 3.8) is 0 Å². The smallest absolute Gasteiger partial charge is 0.263 e. The first kappa shape index (κ1) is 17.0. The Hall–Kier alpha value is -2.86. The molecule has 3 rings (SSSR count). The Kier molecular flexibility index (Phi) is 4.72. The molecule has 0 fully saturated rings. The Morgan fingerprint density at radius 3 is 2.32 bits per heavy atom. The van der Waals surface area contributed by atoms with E-state index in [4.69, 9.17) is 0 Å². The molecule has 3 aromatic rings. The zero-order chi connectivity index (χ0) is 17.9. The molecule has 1 heterocycles. The molecule has 0 saturated heterocycles. The van der Waals surface area contributed by atoms with Crippen LogP contribution in [0.2, 0.25) is 0 Å². The summed E-state index contributed by atoms with van der Waals surface area (Å²) in [7, 11) is -3.67. The van der Waals surface area contributed by atoms with Gasteiger partial charge >= 0.3 is 0 Å². The quantitative estimate of drug-likeness (QED) is 0.719. The largest absolute Gasteiger partial charge is 0.354 e. The third kappa shape index (κ3) is 4.16. The number of hydrogen-bond acceptors (Lipinski definition) is 4. The average Bonchev–Trinajstić information content (AvgIpc) is 2.59. The van der Waals surface area contributed by atoms with Crippen molar-refractivity contribution in [1.29, 1.82) is 0 Å². The van der Waals surface area contributed by atoms with Gasteiger partial charge in [0.2, 0.25) is 0 Å². The fourth-order valence-electron chi connectivity index (χ4n) is 2.41. The van der Waals surface area contributed by atoms with Crippen molar-refractivity contribution in [1.82, 2.24) is 4.98 Å². The van der Waals surface area contributed by atoms with Crippen LogP contribution in [0.25, 0.3) is 0 Å². The van der Waals surface area contributed by atoms with Crippen molar-refractivity contribution < 1.29 is 8.42 Å². The van der Waals surface area contributed by atoms with Crippen LogP contribution in [0.4, 0.5) is 17.2 Å². The van der Waals surface area contributed by atoms with Crippen LogP contribution in [0.5, 0.6) is 0 Å². The number of aromatic nitrogens is 1. The van der Waals surface area contributed by atoms with Gasteiger partial charge in [0, 0.05) is 5.69 Å². The predicted octanol–water partition coefficient (Wildman–Crippen LogP) is 4.24. The van der Waals surface area contributed by atoms with Gasteiger partial charge in [0.1, 0.15) is 5.82 Å². The standard InChI is InChI=1S/C19H19N3O2S/c1-14-8-9-15(2)18(12-14)25(23,24)22-19-11-10-17(13-20-19)21-16-6-4-3-5-7-16/h3-13,21H,1-2H3,(H,20,22). The molecule has 0 atom stereocenters. The average molecular weight is 353 g/mol. The number of hydrogen-bond donors (Lipinski definition) is 2. The maximum absolute atomic E-state index is 12.6. The van der Waals surface area contributed by atoms with Crippen LogP contribution in [0.1, 0.15) is 11.1 Å². The minimum Gasteiger partial charge on any atom is -0.354 e. The minimum absolute atomic E-state index is 0.265. The van der Waals surface area contributed by atoms with E-state index in [0.29, 0.717) is 5.56 Å². The van der Waals surface area contributed by atoms with Gasteiger partial charge in [-0.3, -0.25) is 4.72 Å². The molecular weight excluding hydrogens is 334 g/mol. The molecule has 0 bridgehead atoms. The number of rotatable bonds is 5. The van der Waals surface area contributed by atoms with Crippen molar-refractivity contribution >= 4 is 27.2 Å². The molecule has 0 amide bonds. The van der Waals surface area contributed by atoms with Gasteiger partial charge in [0.05, 0.1) is 16.8 Å². The van der Waals surface area contributed by atoms with Crippen molar-refractivity contribution in [2.75, 3.05) is 10.0 Å². The van der Waals surface area contributed by atoms with Gasteiger partial charge in [-0.25, -0.2) is 13.4 Å². The molecule has 128 valence electrons. The number of benzene rings is 2. The summed E-state index contributed by atoms with van der Waals surface area (Å²) in [5.41, 5.74) is 3.30. The molecule has 5 nitrogen and oxygen atoms in total. The first-order valence-corrected chi connectivity index (χ1v) is 9.30. The monoisotopic (exact) mass is 353 g/mol. The van der Waals surface area contributed by atoms with Crippen molar-refractivity contribution in [3.8, 4) is 0 Å². The van der Waals surface area contributed by atoms with E-state index in [0.717, 1.165) is 16.9 Å². The topological polar surface area (TPSA) is 71.1 Å². The van der Waals surface area contributed by atoms with Crippen molar-refractivity contribution in [2.24, 2.45) is 0 Å². The number of nitrogens with zero attached hydrogens (tertiary/aromatic N) is 1. The summed E-state index contributed by atoms with van der Waals surface area (Å²) in [5, 5.41) is 3.20. The number of anilines is 3. The van der Waals surface area contributed by atoms with E-state index < -0.39 is 10.0 Å². The van der Waals surface area contributed by atoms with Crippen molar-refractivity contribution in [3.05, 3.63) is 78.0 Å². The molecule has 0 aliphatic rings. The highest BCUT2D eigenvalue weighted by atomic mass is 32.2. The van der Waals surface area contributed by atoms with Crippen LogP contribution in [-0.2, 0) is 10.0 Å². The zero-order valence-electron chi connectivity index (χ0n) is 14.0. The number of nitrogens with one attached hydrogen (secondary N) is 2. The maximum Gasteiger partial charge on any atom is 0.263 e. The van der Waals surface area contributed by atoms with Gasteiger partial charge in [0.15, 0.2) is 0 Å². The van der Waals surface area contributed by atoms with Crippen LogP contribution in [0, 0.1) is 13.8 Å². The van der Waals surface area contributed by atoms with Gasteiger partial charge in [-0.2, -0.15) is 0 Å². The maximum atomic E-state index is 12.6. The summed E-state index contributed by atoms with van der Waals surface area (Å²) in [6, 6.07) is 18.4. The van der Waals surface area contributed by atoms with Crippen LogP contribution in [0.15, 0.2) is 71.8 Å².